The van der Waals surface area contributed by atoms with E-state index in [1.165, 1.54) is 18.4 Å². The van der Waals surface area contributed by atoms with Crippen LogP contribution in [0, 0.1) is 5.92 Å². The van der Waals surface area contributed by atoms with Gasteiger partial charge in [-0.3, -0.25) is 9.69 Å². The van der Waals surface area contributed by atoms with Gasteiger partial charge in [-0.25, -0.2) is 4.79 Å². The molecule has 2 fully saturated rings. The third-order valence-electron chi connectivity index (χ3n) is 4.80. The highest BCUT2D eigenvalue weighted by molar-refractivity contribution is 5.87. The lowest BCUT2D eigenvalue weighted by Crippen LogP contribution is -2.43. The molecule has 6 nitrogen and oxygen atoms in total. The Morgan fingerprint density at radius 3 is 2.67 bits per heavy atom. The highest BCUT2D eigenvalue weighted by Crippen LogP contribution is 2.21. The van der Waals surface area contributed by atoms with E-state index < -0.39 is 12.1 Å². The maximum absolute atomic E-state index is 11.9. The number of alkyl carbamates (subject to hydrolysis) is 1. The first kappa shape index (κ1) is 16.8. The fourth-order valence-corrected chi connectivity index (χ4v) is 3.32. The van der Waals surface area contributed by atoms with Gasteiger partial charge in [0, 0.05) is 13.1 Å². The van der Waals surface area contributed by atoms with Crippen molar-refractivity contribution in [1.29, 1.82) is 0 Å². The molecule has 0 spiro atoms. The van der Waals surface area contributed by atoms with E-state index in [0.717, 1.165) is 26.1 Å². The monoisotopic (exact) mass is 331 g/mol. The zero-order chi connectivity index (χ0) is 16.8. The van der Waals surface area contributed by atoms with Crippen molar-refractivity contribution in [3.05, 3.63) is 35.9 Å². The number of benzene rings is 1. The van der Waals surface area contributed by atoms with Gasteiger partial charge in [0.15, 0.2) is 0 Å². The third-order valence-corrected chi connectivity index (χ3v) is 4.80. The van der Waals surface area contributed by atoms with Gasteiger partial charge in [0.1, 0.15) is 12.6 Å². The Hall–Kier alpha value is -2.08. The number of nitrogens with zero attached hydrogens (tertiary/aromatic N) is 1. The molecular weight excluding hydrogens is 306 g/mol. The minimum absolute atomic E-state index is 0.128. The van der Waals surface area contributed by atoms with Gasteiger partial charge in [0.25, 0.3) is 0 Å². The summed E-state index contributed by atoms with van der Waals surface area (Å²) in [6.45, 7) is 4.03. The van der Waals surface area contributed by atoms with Crippen molar-refractivity contribution in [3.63, 3.8) is 0 Å². The van der Waals surface area contributed by atoms with Crippen LogP contribution in [0.1, 0.15) is 24.8 Å². The van der Waals surface area contributed by atoms with Gasteiger partial charge in [0.05, 0.1) is 0 Å². The molecule has 2 N–H and O–H groups in total. The molecule has 0 aliphatic carbocycles. The summed E-state index contributed by atoms with van der Waals surface area (Å²) in [5, 5.41) is 5.39. The standard InChI is InChI=1S/C18H25N3O3/c22-17(16-13-24-18(23)20-16)19-9-6-14-7-10-21(11-8-14)12-15-4-2-1-3-5-15/h1-5,14,16H,6-13H2,(H,19,22)(H,20,23)/t16-/m0/s1. The number of rotatable bonds is 6. The first-order valence-corrected chi connectivity index (χ1v) is 8.68. The van der Waals surface area contributed by atoms with Gasteiger partial charge in [-0.15, -0.1) is 0 Å². The van der Waals surface area contributed by atoms with Crippen molar-refractivity contribution < 1.29 is 14.3 Å². The van der Waals surface area contributed by atoms with Gasteiger partial charge in [0.2, 0.25) is 5.91 Å². The Labute approximate surface area is 142 Å². The Kier molecular flexibility index (Phi) is 5.69. The molecule has 2 heterocycles. The number of hydrogen-bond donors (Lipinski definition) is 2. The second-order valence-corrected chi connectivity index (χ2v) is 6.58. The van der Waals surface area contributed by atoms with E-state index in [9.17, 15) is 9.59 Å². The molecule has 0 bridgehead atoms. The van der Waals surface area contributed by atoms with Gasteiger partial charge < -0.3 is 15.4 Å². The zero-order valence-electron chi connectivity index (χ0n) is 13.9. The summed E-state index contributed by atoms with van der Waals surface area (Å²) >= 11 is 0. The average molecular weight is 331 g/mol. The normalized spacial score (nSPS) is 22.0. The lowest BCUT2D eigenvalue weighted by atomic mass is 9.93. The van der Waals surface area contributed by atoms with Gasteiger partial charge in [-0.2, -0.15) is 0 Å². The van der Waals surface area contributed by atoms with Crippen molar-refractivity contribution in [2.75, 3.05) is 26.2 Å². The number of carbonyl (C=O) groups excluding carboxylic acids is 2. The zero-order valence-corrected chi connectivity index (χ0v) is 13.9. The summed E-state index contributed by atoms with van der Waals surface area (Å²) in [6.07, 6.45) is 2.82. The smallest absolute Gasteiger partial charge is 0.407 e. The van der Waals surface area contributed by atoms with E-state index in [-0.39, 0.29) is 12.5 Å². The van der Waals surface area contributed by atoms with Crippen LogP contribution in [0.5, 0.6) is 0 Å². The van der Waals surface area contributed by atoms with E-state index in [1.807, 2.05) is 6.07 Å². The average Bonchev–Trinajstić information content (AvgIpc) is 3.04. The number of cyclic esters (lactones) is 1. The van der Waals surface area contributed by atoms with Crippen LogP contribution in [0.25, 0.3) is 0 Å². The van der Waals surface area contributed by atoms with E-state index in [2.05, 4.69) is 39.8 Å². The van der Waals surface area contributed by atoms with Crippen LogP contribution < -0.4 is 10.6 Å². The highest BCUT2D eigenvalue weighted by Gasteiger charge is 2.28. The summed E-state index contributed by atoms with van der Waals surface area (Å²) in [7, 11) is 0. The summed E-state index contributed by atoms with van der Waals surface area (Å²) in [5.41, 5.74) is 1.36. The topological polar surface area (TPSA) is 70.7 Å². The Balaban J connectivity index is 1.31. The molecule has 0 unspecified atom stereocenters. The molecule has 2 aliphatic rings. The number of hydrogen-bond acceptors (Lipinski definition) is 4. The summed E-state index contributed by atoms with van der Waals surface area (Å²) < 4.78 is 4.73. The lowest BCUT2D eigenvalue weighted by Gasteiger charge is -2.32. The van der Waals surface area contributed by atoms with Crippen molar-refractivity contribution in [3.8, 4) is 0 Å². The maximum Gasteiger partial charge on any atom is 0.407 e. The third kappa shape index (κ3) is 4.71. The molecule has 1 aromatic carbocycles. The fraction of sp³-hybridized carbons (Fsp3) is 0.556. The van der Waals surface area contributed by atoms with E-state index in [4.69, 9.17) is 4.74 Å². The molecule has 2 amide bonds. The molecule has 24 heavy (non-hydrogen) atoms. The quantitative estimate of drug-likeness (QED) is 0.829. The van der Waals surface area contributed by atoms with Crippen LogP contribution in [0.3, 0.4) is 0 Å². The van der Waals surface area contributed by atoms with E-state index in [1.54, 1.807) is 0 Å². The minimum Gasteiger partial charge on any atom is -0.447 e. The molecule has 1 aromatic rings. The number of ether oxygens (including phenoxy) is 1. The molecule has 2 saturated heterocycles. The number of nitrogens with one attached hydrogen (secondary N) is 2. The van der Waals surface area contributed by atoms with Crippen LogP contribution in [0.15, 0.2) is 30.3 Å². The van der Waals surface area contributed by atoms with Gasteiger partial charge >= 0.3 is 6.09 Å². The number of piperidine rings is 1. The molecule has 3 rings (SSSR count). The highest BCUT2D eigenvalue weighted by atomic mass is 16.6. The van der Waals surface area contributed by atoms with Crippen LogP contribution in [-0.2, 0) is 16.1 Å². The largest absolute Gasteiger partial charge is 0.447 e. The van der Waals surface area contributed by atoms with Crippen molar-refractivity contribution >= 4 is 12.0 Å². The number of amides is 2. The van der Waals surface area contributed by atoms with Crippen molar-refractivity contribution in [2.45, 2.75) is 31.8 Å². The second kappa shape index (κ2) is 8.15. The van der Waals surface area contributed by atoms with Crippen LogP contribution >= 0.6 is 0 Å². The summed E-state index contributed by atoms with van der Waals surface area (Å²) in [5.74, 6) is 0.508. The predicted octanol–water partition coefficient (Wildman–Crippen LogP) is 1.51. The minimum atomic E-state index is -0.537. The molecular formula is C18H25N3O3. The van der Waals surface area contributed by atoms with Crippen LogP contribution in [-0.4, -0.2) is 49.2 Å². The summed E-state index contributed by atoms with van der Waals surface area (Å²) in [4.78, 5) is 25.3. The van der Waals surface area contributed by atoms with E-state index in [0.29, 0.717) is 12.5 Å². The molecule has 1 atom stereocenters. The second-order valence-electron chi connectivity index (χ2n) is 6.58. The summed E-state index contributed by atoms with van der Waals surface area (Å²) in [6, 6.07) is 10.0. The van der Waals surface area contributed by atoms with Crippen molar-refractivity contribution in [1.82, 2.24) is 15.5 Å². The lowest BCUT2D eigenvalue weighted by molar-refractivity contribution is -0.122. The van der Waals surface area contributed by atoms with E-state index >= 15 is 0 Å². The number of carbonyl (C=O) groups is 2. The predicted molar refractivity (Wildman–Crippen MR) is 90.3 cm³/mol. The molecule has 0 radical (unpaired) electrons. The molecule has 130 valence electrons. The van der Waals surface area contributed by atoms with Gasteiger partial charge in [-0.05, 0) is 43.8 Å². The Bertz CT molecular complexity index is 556. The molecule has 6 heteroatoms. The van der Waals surface area contributed by atoms with Crippen molar-refractivity contribution in [2.24, 2.45) is 5.92 Å². The first-order valence-electron chi connectivity index (χ1n) is 8.68. The molecule has 2 aliphatic heterocycles. The Morgan fingerprint density at radius 1 is 1.25 bits per heavy atom. The first-order chi connectivity index (χ1) is 11.7. The SMILES string of the molecule is O=C1N[C@H](C(=O)NCCC2CCN(Cc3ccccc3)CC2)CO1. The van der Waals surface area contributed by atoms with Crippen LogP contribution in [0.2, 0.25) is 0 Å². The Morgan fingerprint density at radius 2 is 2.00 bits per heavy atom. The van der Waals surface area contributed by atoms with Crippen LogP contribution in [0.4, 0.5) is 4.79 Å². The van der Waals surface area contributed by atoms with Gasteiger partial charge in [-0.1, -0.05) is 30.3 Å². The fourth-order valence-electron chi connectivity index (χ4n) is 3.32. The maximum atomic E-state index is 11.9. The molecule has 0 aromatic heterocycles. The number of likely N-dealkylation sites (tertiary alicyclic amines) is 1. The molecule has 0 saturated carbocycles.